The predicted octanol–water partition coefficient (Wildman–Crippen LogP) is 1.69. The van der Waals surface area contributed by atoms with Crippen LogP contribution in [0.3, 0.4) is 0 Å². The van der Waals surface area contributed by atoms with Crippen molar-refractivity contribution in [1.82, 2.24) is 10.2 Å². The van der Waals surface area contributed by atoms with Gasteiger partial charge in [0.05, 0.1) is 12.6 Å². The Morgan fingerprint density at radius 3 is 2.83 bits per heavy atom. The lowest BCUT2D eigenvalue weighted by atomic mass is 10.1. The molecule has 4 heteroatoms. The molecule has 2 N–H and O–H groups in total. The second-order valence-electron chi connectivity index (χ2n) is 4.16. The number of amides is 1. The number of phenols is 1. The van der Waals surface area contributed by atoms with E-state index in [9.17, 15) is 9.90 Å². The Labute approximate surface area is 108 Å². The summed E-state index contributed by atoms with van der Waals surface area (Å²) >= 11 is 0. The number of hydrogen-bond acceptors (Lipinski definition) is 3. The van der Waals surface area contributed by atoms with Crippen molar-refractivity contribution < 1.29 is 9.90 Å². The zero-order valence-corrected chi connectivity index (χ0v) is 10.9. The molecule has 0 saturated heterocycles. The molecule has 1 amide bonds. The topological polar surface area (TPSA) is 52.6 Å². The van der Waals surface area contributed by atoms with Gasteiger partial charge in [0.15, 0.2) is 0 Å². The third-order valence-corrected chi connectivity index (χ3v) is 2.93. The number of carbonyl (C=O) groups is 1. The van der Waals surface area contributed by atoms with Crippen LogP contribution in [0.2, 0.25) is 0 Å². The fraction of sp³-hybridized carbons (Fsp3) is 0.357. The van der Waals surface area contributed by atoms with Crippen LogP contribution in [0.1, 0.15) is 18.5 Å². The van der Waals surface area contributed by atoms with E-state index >= 15 is 0 Å². The van der Waals surface area contributed by atoms with Crippen LogP contribution in [0.5, 0.6) is 5.75 Å². The smallest absolute Gasteiger partial charge is 0.236 e. The molecule has 0 aliphatic heterocycles. The van der Waals surface area contributed by atoms with E-state index in [-0.39, 0.29) is 24.2 Å². The lowest BCUT2D eigenvalue weighted by molar-refractivity contribution is -0.130. The summed E-state index contributed by atoms with van der Waals surface area (Å²) in [5.41, 5.74) is 0.747. The first-order valence-electron chi connectivity index (χ1n) is 5.93. The molecule has 1 aromatic rings. The molecule has 1 aromatic carbocycles. The second-order valence-corrected chi connectivity index (χ2v) is 4.16. The Hall–Kier alpha value is -1.81. The van der Waals surface area contributed by atoms with Crippen LogP contribution in [0.25, 0.3) is 0 Å². The van der Waals surface area contributed by atoms with E-state index in [4.69, 9.17) is 0 Å². The molecular weight excluding hydrogens is 228 g/mol. The van der Waals surface area contributed by atoms with Crippen LogP contribution in [-0.2, 0) is 4.79 Å². The lowest BCUT2D eigenvalue weighted by Crippen LogP contribution is -2.37. The van der Waals surface area contributed by atoms with Gasteiger partial charge in [-0.1, -0.05) is 24.3 Å². The summed E-state index contributed by atoms with van der Waals surface area (Å²) in [6, 6.07) is 6.89. The number of hydrogen-bond donors (Lipinski definition) is 2. The van der Waals surface area contributed by atoms with E-state index in [0.717, 1.165) is 5.56 Å². The average molecular weight is 248 g/mol. The Morgan fingerprint density at radius 1 is 1.56 bits per heavy atom. The van der Waals surface area contributed by atoms with Crippen molar-refractivity contribution in [3.63, 3.8) is 0 Å². The molecule has 4 nitrogen and oxygen atoms in total. The first-order chi connectivity index (χ1) is 8.57. The number of aromatic hydroxyl groups is 1. The summed E-state index contributed by atoms with van der Waals surface area (Å²) in [7, 11) is 1.73. The quantitative estimate of drug-likeness (QED) is 0.595. The standard InChI is InChI=1S/C14H20N2O2/c1-4-9-15-10-14(18)16(3)11(2)12-7-5-6-8-13(12)17/h4-8,11,15,17H,1,9-10H2,2-3H3. The van der Waals surface area contributed by atoms with Gasteiger partial charge in [0.2, 0.25) is 5.91 Å². The summed E-state index contributed by atoms with van der Waals surface area (Å²) in [4.78, 5) is 13.5. The molecule has 98 valence electrons. The molecule has 0 aromatic heterocycles. The Kier molecular flexibility index (Phi) is 5.39. The highest BCUT2D eigenvalue weighted by Crippen LogP contribution is 2.26. The van der Waals surface area contributed by atoms with Crippen LogP contribution in [0.4, 0.5) is 0 Å². The van der Waals surface area contributed by atoms with E-state index in [1.54, 1.807) is 30.2 Å². The van der Waals surface area contributed by atoms with Gasteiger partial charge in [0.1, 0.15) is 5.75 Å². The minimum Gasteiger partial charge on any atom is -0.508 e. The van der Waals surface area contributed by atoms with Crippen LogP contribution < -0.4 is 5.32 Å². The summed E-state index contributed by atoms with van der Waals surface area (Å²) in [6.45, 7) is 6.33. The summed E-state index contributed by atoms with van der Waals surface area (Å²) in [6.07, 6.45) is 1.71. The number of rotatable bonds is 6. The number of nitrogens with zero attached hydrogens (tertiary/aromatic N) is 1. The first-order valence-corrected chi connectivity index (χ1v) is 5.93. The molecule has 1 rings (SSSR count). The van der Waals surface area contributed by atoms with E-state index in [0.29, 0.717) is 6.54 Å². The number of benzene rings is 1. The van der Waals surface area contributed by atoms with E-state index in [1.807, 2.05) is 19.1 Å². The van der Waals surface area contributed by atoms with Crippen molar-refractivity contribution in [1.29, 1.82) is 0 Å². The van der Waals surface area contributed by atoms with Gasteiger partial charge in [-0.05, 0) is 13.0 Å². The van der Waals surface area contributed by atoms with Crippen molar-refractivity contribution >= 4 is 5.91 Å². The molecule has 0 heterocycles. The highest BCUT2D eigenvalue weighted by Gasteiger charge is 2.18. The van der Waals surface area contributed by atoms with Crippen LogP contribution in [0, 0.1) is 0 Å². The summed E-state index contributed by atoms with van der Waals surface area (Å²) in [5.74, 6) is 0.191. The molecule has 0 saturated carbocycles. The highest BCUT2D eigenvalue weighted by molar-refractivity contribution is 5.78. The largest absolute Gasteiger partial charge is 0.508 e. The Morgan fingerprint density at radius 2 is 2.22 bits per heavy atom. The highest BCUT2D eigenvalue weighted by atomic mass is 16.3. The van der Waals surface area contributed by atoms with Crippen LogP contribution >= 0.6 is 0 Å². The minimum absolute atomic E-state index is 0.0207. The molecule has 1 atom stereocenters. The van der Waals surface area contributed by atoms with E-state index in [2.05, 4.69) is 11.9 Å². The van der Waals surface area contributed by atoms with Crippen molar-refractivity contribution in [3.8, 4) is 5.75 Å². The minimum atomic E-state index is -0.163. The van der Waals surface area contributed by atoms with E-state index < -0.39 is 0 Å². The van der Waals surface area contributed by atoms with Crippen molar-refractivity contribution in [2.75, 3.05) is 20.1 Å². The maximum atomic E-state index is 11.9. The molecular formula is C14H20N2O2. The number of carbonyl (C=O) groups excluding carboxylic acids is 1. The molecule has 1 unspecified atom stereocenters. The fourth-order valence-corrected chi connectivity index (χ4v) is 1.67. The molecule has 0 bridgehead atoms. The van der Waals surface area contributed by atoms with Gasteiger partial charge in [0, 0.05) is 19.2 Å². The molecule has 0 aliphatic carbocycles. The Balaban J connectivity index is 2.66. The lowest BCUT2D eigenvalue weighted by Gasteiger charge is -2.26. The van der Waals surface area contributed by atoms with Gasteiger partial charge in [0.25, 0.3) is 0 Å². The molecule has 0 radical (unpaired) electrons. The van der Waals surface area contributed by atoms with E-state index in [1.165, 1.54) is 0 Å². The average Bonchev–Trinajstić information content (AvgIpc) is 2.38. The first kappa shape index (κ1) is 14.3. The third-order valence-electron chi connectivity index (χ3n) is 2.93. The SMILES string of the molecule is C=CCNCC(=O)N(C)C(C)c1ccccc1O. The predicted molar refractivity (Wildman–Crippen MR) is 72.4 cm³/mol. The van der Waals surface area contributed by atoms with Gasteiger partial charge in [-0.3, -0.25) is 4.79 Å². The van der Waals surface area contributed by atoms with Gasteiger partial charge in [-0.2, -0.15) is 0 Å². The maximum absolute atomic E-state index is 11.9. The molecule has 0 fully saturated rings. The number of nitrogens with one attached hydrogen (secondary N) is 1. The van der Waals surface area contributed by atoms with Gasteiger partial charge in [-0.15, -0.1) is 6.58 Å². The molecule has 0 spiro atoms. The third kappa shape index (κ3) is 3.60. The van der Waals surface area contributed by atoms with Gasteiger partial charge < -0.3 is 15.3 Å². The van der Waals surface area contributed by atoms with Gasteiger partial charge in [-0.25, -0.2) is 0 Å². The second kappa shape index (κ2) is 6.81. The van der Waals surface area contributed by atoms with Crippen LogP contribution in [-0.4, -0.2) is 36.1 Å². The summed E-state index contributed by atoms with van der Waals surface area (Å²) in [5, 5.41) is 12.7. The normalized spacial score (nSPS) is 11.9. The monoisotopic (exact) mass is 248 g/mol. The number of phenolic OH excluding ortho intramolecular Hbond substituents is 1. The van der Waals surface area contributed by atoms with Crippen molar-refractivity contribution in [2.24, 2.45) is 0 Å². The van der Waals surface area contributed by atoms with Crippen LogP contribution in [0.15, 0.2) is 36.9 Å². The fourth-order valence-electron chi connectivity index (χ4n) is 1.67. The Bertz CT molecular complexity index is 418. The maximum Gasteiger partial charge on any atom is 0.236 e. The molecule has 0 aliphatic rings. The van der Waals surface area contributed by atoms with Crippen molar-refractivity contribution in [3.05, 3.63) is 42.5 Å². The zero-order valence-electron chi connectivity index (χ0n) is 10.9. The summed E-state index contributed by atoms with van der Waals surface area (Å²) < 4.78 is 0. The number of likely N-dealkylation sites (N-methyl/N-ethyl adjacent to an activating group) is 1. The van der Waals surface area contributed by atoms with Crippen molar-refractivity contribution in [2.45, 2.75) is 13.0 Å². The number of para-hydroxylation sites is 1. The van der Waals surface area contributed by atoms with Gasteiger partial charge >= 0.3 is 0 Å². The zero-order chi connectivity index (χ0) is 13.5. The molecule has 18 heavy (non-hydrogen) atoms.